The average Bonchev–Trinajstić information content (AvgIpc) is 1.61. The normalized spacial score (nSPS) is 13.6. The molecule has 516 valence electrons. The molecule has 0 fully saturated rings. The van der Waals surface area contributed by atoms with E-state index >= 15 is 8.78 Å². The number of fused-ring (bicyclic) bond motifs is 6. The first-order valence-corrected chi connectivity index (χ1v) is 40.8. The van der Waals surface area contributed by atoms with Gasteiger partial charge in [0.05, 0.1) is 0 Å². The molecular formula is C88H112F2GeN2O4. The van der Waals surface area contributed by atoms with Crippen LogP contribution < -0.4 is 9.47 Å². The monoisotopic (exact) mass is 1370 g/mol. The fraction of sp³-hybridized carbons (Fsp3) is 0.455. The second-order valence-corrected chi connectivity index (χ2v) is 48.3. The number of hydrogen-bond acceptors (Lipinski definition) is 4. The molecule has 10 rings (SSSR count). The number of halogens is 2. The topological polar surface area (TPSA) is 68.8 Å². The third-order valence-corrected chi connectivity index (χ3v) is 33.4. The number of phenols is 2. The van der Waals surface area contributed by atoms with Crippen molar-refractivity contribution < 1.29 is 28.5 Å². The van der Waals surface area contributed by atoms with Gasteiger partial charge in [0, 0.05) is 0 Å². The number of benzene rings is 8. The van der Waals surface area contributed by atoms with Crippen LogP contribution >= 0.6 is 0 Å². The van der Waals surface area contributed by atoms with E-state index < -0.39 is 35.7 Å². The molecule has 2 aromatic heterocycles. The zero-order valence-corrected chi connectivity index (χ0v) is 65.6. The Balaban J connectivity index is 1.13. The maximum atomic E-state index is 16.4. The van der Waals surface area contributed by atoms with Crippen LogP contribution in [0.5, 0.6) is 23.0 Å². The van der Waals surface area contributed by atoms with Crippen molar-refractivity contribution in [2.45, 2.75) is 235 Å². The molecule has 0 aliphatic carbocycles. The predicted octanol–water partition coefficient (Wildman–Crippen LogP) is 25.3. The number of aromatic hydroxyl groups is 2. The van der Waals surface area contributed by atoms with Gasteiger partial charge in [-0.2, -0.15) is 0 Å². The fourth-order valence-electron chi connectivity index (χ4n) is 15.5. The standard InChI is InChI=1S/C88H112F2GeN2O4/c1-53(2)91(54(3)4,51-96-77-37-31-61(89)47-67(77)69-39-59(87(23,24)49-81(5,6)7)45-75(79(69)94)92-71-41-55(83(11,12)13)27-33-63(71)64-34-28-56(42-72(64)92)84(14,15)16)52-97-78-38-32-62(90)48-68(78)70-40-60(88(25,26)50-82(8,9)10)46-76(80(70)95)93-73-43-57(85(17,18)19)29-35-65(73)66-36-30-58(44-74(66)93)86(20,21)22/h27-48,53-54,94-95H,49-52H2,1-26H3. The molecule has 0 radical (unpaired) electrons. The Kier molecular flexibility index (Phi) is 19.0. The van der Waals surface area contributed by atoms with E-state index in [1.165, 1.54) is 46.5 Å². The van der Waals surface area contributed by atoms with Gasteiger partial charge in [-0.15, -0.1) is 0 Å². The molecule has 0 bridgehead atoms. The predicted molar refractivity (Wildman–Crippen MR) is 412 cm³/mol. The molecule has 97 heavy (non-hydrogen) atoms. The number of nitrogens with zero attached hydrogens (tertiary/aromatic N) is 2. The van der Waals surface area contributed by atoms with Crippen molar-refractivity contribution in [1.29, 1.82) is 0 Å². The molecule has 10 aromatic rings. The summed E-state index contributed by atoms with van der Waals surface area (Å²) >= 11 is -3.58. The van der Waals surface area contributed by atoms with Gasteiger partial charge >= 0.3 is 503 Å². The molecule has 0 saturated carbocycles. The van der Waals surface area contributed by atoms with E-state index in [1.807, 2.05) is 0 Å². The van der Waals surface area contributed by atoms with Crippen LogP contribution in [0.15, 0.2) is 133 Å². The summed E-state index contributed by atoms with van der Waals surface area (Å²) in [6, 6.07) is 44.7. The van der Waals surface area contributed by atoms with Gasteiger partial charge < -0.3 is 0 Å². The second kappa shape index (κ2) is 25.3. The van der Waals surface area contributed by atoms with Gasteiger partial charge in [-0.25, -0.2) is 0 Å². The van der Waals surface area contributed by atoms with Crippen LogP contribution in [0.2, 0.25) is 9.50 Å². The molecule has 2 N–H and O–H groups in total. The quantitative estimate of drug-likeness (QED) is 0.0946. The van der Waals surface area contributed by atoms with Crippen molar-refractivity contribution in [3.8, 4) is 56.6 Å². The number of ether oxygens (including phenoxy) is 2. The molecule has 0 spiro atoms. The van der Waals surface area contributed by atoms with Crippen molar-refractivity contribution in [2.75, 3.05) is 10.9 Å². The van der Waals surface area contributed by atoms with Gasteiger partial charge in [0.15, 0.2) is 0 Å². The number of rotatable bonds is 16. The summed E-state index contributed by atoms with van der Waals surface area (Å²) in [7, 11) is 0. The van der Waals surface area contributed by atoms with Gasteiger partial charge in [0.2, 0.25) is 0 Å². The summed E-state index contributed by atoms with van der Waals surface area (Å²) in [5, 5.41) is 31.1. The van der Waals surface area contributed by atoms with Gasteiger partial charge in [-0.3, -0.25) is 0 Å². The number of hydrogen-bond donors (Lipinski definition) is 2. The zero-order valence-electron chi connectivity index (χ0n) is 63.5. The van der Waals surface area contributed by atoms with E-state index in [9.17, 15) is 10.2 Å². The molecule has 6 nitrogen and oxygen atoms in total. The first-order chi connectivity index (χ1) is 44.6. The van der Waals surface area contributed by atoms with Crippen LogP contribution in [0.3, 0.4) is 0 Å². The van der Waals surface area contributed by atoms with Crippen LogP contribution in [0.1, 0.15) is 226 Å². The van der Waals surface area contributed by atoms with Gasteiger partial charge in [0.1, 0.15) is 0 Å². The Labute approximate surface area is 582 Å². The third-order valence-electron chi connectivity index (χ3n) is 20.9. The molecule has 0 aliphatic heterocycles. The molecule has 0 amide bonds. The van der Waals surface area contributed by atoms with E-state index in [1.54, 1.807) is 12.1 Å². The van der Waals surface area contributed by atoms with Crippen LogP contribution in [0, 0.1) is 22.5 Å². The molecule has 0 saturated heterocycles. The van der Waals surface area contributed by atoms with E-state index in [0.29, 0.717) is 56.0 Å². The zero-order chi connectivity index (χ0) is 71.6. The minimum atomic E-state index is -3.58. The number of phenolic OH excluding ortho intramolecular Hbond substituents is 2. The van der Waals surface area contributed by atoms with E-state index in [2.05, 4.69) is 286 Å². The molecule has 0 atom stereocenters. The number of aromatic nitrogens is 2. The van der Waals surface area contributed by atoms with Crippen molar-refractivity contribution in [3.63, 3.8) is 0 Å². The van der Waals surface area contributed by atoms with Crippen molar-refractivity contribution in [2.24, 2.45) is 10.8 Å². The van der Waals surface area contributed by atoms with Gasteiger partial charge in [-0.1, -0.05) is 83.1 Å². The molecule has 0 aliphatic rings. The molecule has 2 heterocycles. The van der Waals surface area contributed by atoms with Gasteiger partial charge in [-0.05, 0) is 0 Å². The first kappa shape index (κ1) is 72.7. The van der Waals surface area contributed by atoms with Gasteiger partial charge in [0.25, 0.3) is 0 Å². The molecule has 0 unspecified atom stereocenters. The Bertz CT molecular complexity index is 4210. The Morgan fingerprint density at radius 1 is 0.351 bits per heavy atom. The van der Waals surface area contributed by atoms with Crippen molar-refractivity contribution >= 4 is 56.9 Å². The Morgan fingerprint density at radius 3 is 0.876 bits per heavy atom. The van der Waals surface area contributed by atoms with Crippen LogP contribution in [0.25, 0.3) is 77.2 Å². The van der Waals surface area contributed by atoms with E-state index in [0.717, 1.165) is 67.6 Å². The maximum absolute atomic E-state index is 16.4. The Morgan fingerprint density at radius 2 is 0.629 bits per heavy atom. The molecular weight excluding hydrogens is 1260 g/mol. The summed E-state index contributed by atoms with van der Waals surface area (Å²) in [5.41, 5.74) is 12.9. The summed E-state index contributed by atoms with van der Waals surface area (Å²) < 4.78 is 52.2. The van der Waals surface area contributed by atoms with Crippen LogP contribution in [0.4, 0.5) is 8.78 Å². The summed E-state index contributed by atoms with van der Waals surface area (Å²) in [4.78, 5) is 0. The van der Waals surface area contributed by atoms with Crippen molar-refractivity contribution in [1.82, 2.24) is 9.13 Å². The molecule has 8 aromatic carbocycles. The second-order valence-electron chi connectivity index (χ2n) is 37.0. The summed E-state index contributed by atoms with van der Waals surface area (Å²) in [6.45, 7) is 58.4. The fourth-order valence-corrected chi connectivity index (χ4v) is 23.1. The van der Waals surface area contributed by atoms with Crippen LogP contribution in [-0.4, -0.2) is 43.5 Å². The Hall–Kier alpha value is -7.04. The summed E-state index contributed by atoms with van der Waals surface area (Å²) in [6.07, 6.45) is 1.67. The van der Waals surface area contributed by atoms with Crippen LogP contribution in [-0.2, 0) is 32.5 Å². The molecule has 9 heteroatoms. The van der Waals surface area contributed by atoms with Crippen molar-refractivity contribution in [3.05, 3.63) is 178 Å². The first-order valence-electron chi connectivity index (χ1n) is 35.4. The average molecular weight is 1370 g/mol. The third kappa shape index (κ3) is 14.6. The SMILES string of the molecule is C[CH](C)[Ge]([CH2]Oc1ccc(F)cc1-c1cc(C(C)(C)CC(C)(C)C)cc(-n2c3cc(C(C)(C)C)ccc3c3ccc(C(C)(C)C)cc32)c1O)([CH2]Oc1ccc(F)cc1-c1cc(C(C)(C)CC(C)(C)C)cc(-n2c3cc(C(C)(C)C)ccc3c3ccc(C(C)(C)C)cc32)c1O)[CH](C)C. The van der Waals surface area contributed by atoms with E-state index in [4.69, 9.17) is 9.47 Å². The minimum absolute atomic E-state index is 0.0271. The van der Waals surface area contributed by atoms with E-state index in [-0.39, 0.29) is 53.5 Å². The summed E-state index contributed by atoms with van der Waals surface area (Å²) in [5.74, 6) is 0.0774.